The molecular weight excluding hydrogens is 471 g/mol. The monoisotopic (exact) mass is 508 g/mol. The van der Waals surface area contributed by atoms with E-state index in [-0.39, 0.29) is 5.56 Å². The zero-order valence-corrected chi connectivity index (χ0v) is 21.1. The van der Waals surface area contributed by atoms with Crippen LogP contribution in [0.15, 0.2) is 36.4 Å². The normalized spacial score (nSPS) is 24.4. The molecule has 2 fully saturated rings. The van der Waals surface area contributed by atoms with Gasteiger partial charge >= 0.3 is 6.18 Å². The summed E-state index contributed by atoms with van der Waals surface area (Å²) in [6, 6.07) is 9.80. The van der Waals surface area contributed by atoms with Crippen LogP contribution in [0.5, 0.6) is 5.75 Å². The molecule has 2 aliphatic carbocycles. The number of hydrogen-bond acceptors (Lipinski definition) is 1. The Kier molecular flexibility index (Phi) is 8.95. The van der Waals surface area contributed by atoms with Gasteiger partial charge in [0, 0.05) is 0 Å². The van der Waals surface area contributed by atoms with Crippen LogP contribution in [-0.2, 0) is 0 Å². The zero-order valence-electron chi connectivity index (χ0n) is 21.1. The summed E-state index contributed by atoms with van der Waals surface area (Å²) in [6.45, 7) is 0.520. The Labute approximate surface area is 211 Å². The third-order valence-electron chi connectivity index (χ3n) is 8.28. The Hall–Kier alpha value is -2.11. The first-order valence-corrected chi connectivity index (χ1v) is 13.5. The van der Waals surface area contributed by atoms with Gasteiger partial charge in [0.2, 0.25) is 0 Å². The highest BCUT2D eigenvalue weighted by molar-refractivity contribution is 5.65. The maximum absolute atomic E-state index is 14.3. The maximum atomic E-state index is 14.3. The van der Waals surface area contributed by atoms with Crippen LogP contribution in [0.3, 0.4) is 0 Å². The molecule has 0 spiro atoms. The summed E-state index contributed by atoms with van der Waals surface area (Å²) in [5.74, 6) is -0.217. The molecule has 0 heterocycles. The van der Waals surface area contributed by atoms with Crippen LogP contribution in [0.4, 0.5) is 22.0 Å². The van der Waals surface area contributed by atoms with Gasteiger partial charge in [-0.2, -0.15) is 13.2 Å². The second-order valence-corrected chi connectivity index (χ2v) is 10.9. The lowest BCUT2D eigenvalue weighted by Gasteiger charge is -2.42. The first kappa shape index (κ1) is 26.9. The van der Waals surface area contributed by atoms with Crippen molar-refractivity contribution in [2.75, 3.05) is 6.61 Å². The van der Waals surface area contributed by atoms with Gasteiger partial charge in [0.25, 0.3) is 0 Å². The Balaban J connectivity index is 1.34. The van der Waals surface area contributed by atoms with Crippen LogP contribution in [0.25, 0.3) is 11.1 Å². The summed E-state index contributed by atoms with van der Waals surface area (Å²) < 4.78 is 70.0. The third kappa shape index (κ3) is 7.01. The lowest BCUT2D eigenvalue weighted by atomic mass is 9.63. The summed E-state index contributed by atoms with van der Waals surface area (Å²) in [4.78, 5) is 0. The first-order valence-electron chi connectivity index (χ1n) is 13.5. The maximum Gasteiger partial charge on any atom is 0.422 e. The van der Waals surface area contributed by atoms with E-state index in [0.29, 0.717) is 11.5 Å². The second kappa shape index (κ2) is 12.0. The molecule has 1 nitrogen and oxygen atoms in total. The van der Waals surface area contributed by atoms with Crippen LogP contribution in [0.2, 0.25) is 0 Å². The molecule has 0 radical (unpaired) electrons. The van der Waals surface area contributed by atoms with E-state index in [1.165, 1.54) is 76.2 Å². The predicted molar refractivity (Wildman–Crippen MR) is 133 cm³/mol. The van der Waals surface area contributed by atoms with E-state index < -0.39 is 30.2 Å². The number of halogens is 5. The molecular formula is C30H37F5O. The molecule has 2 aromatic rings. The molecule has 0 saturated heterocycles. The lowest BCUT2D eigenvalue weighted by Crippen LogP contribution is -2.30. The topological polar surface area (TPSA) is 9.23 Å². The average Bonchev–Trinajstić information content (AvgIpc) is 2.85. The molecule has 0 aliphatic heterocycles. The Morgan fingerprint density at radius 3 is 2.14 bits per heavy atom. The van der Waals surface area contributed by atoms with Gasteiger partial charge in [-0.3, -0.25) is 0 Å². The summed E-state index contributed by atoms with van der Waals surface area (Å²) >= 11 is 0. The fourth-order valence-corrected chi connectivity index (χ4v) is 6.38. The van der Waals surface area contributed by atoms with Crippen molar-refractivity contribution in [1.82, 2.24) is 0 Å². The van der Waals surface area contributed by atoms with Gasteiger partial charge in [0.05, 0.1) is 0 Å². The van der Waals surface area contributed by atoms with E-state index >= 15 is 0 Å². The van der Waals surface area contributed by atoms with Crippen molar-refractivity contribution in [2.24, 2.45) is 17.8 Å². The van der Waals surface area contributed by atoms with Gasteiger partial charge < -0.3 is 4.74 Å². The minimum atomic E-state index is -4.67. The third-order valence-corrected chi connectivity index (χ3v) is 8.28. The standard InChI is InChI=1S/C30H37F5O/c1-2-3-4-5-6-20-7-8-25-16-24(14-13-23(25)15-20)21-9-11-22(12-10-21)26-17-27(31)29(28(32)18-26)36-19-30(33,34)35/h9-12,17-18,20,23-25H,2-8,13-16,19H2,1H3/t20?,23-,24-,25-/m1/s1. The van der Waals surface area contributed by atoms with Crippen LogP contribution in [0.1, 0.15) is 89.0 Å². The van der Waals surface area contributed by atoms with Crippen molar-refractivity contribution in [1.29, 1.82) is 0 Å². The SMILES string of the molecule is CCCCCCC1CC[C@@H]2C[C@H](c3ccc(-c4cc(F)c(OCC(F)(F)F)c(F)c4)cc3)CC[C@@H]2C1. The van der Waals surface area contributed by atoms with E-state index in [1.54, 1.807) is 0 Å². The number of hydrogen-bond donors (Lipinski definition) is 0. The molecule has 1 unspecified atom stereocenters. The van der Waals surface area contributed by atoms with E-state index in [4.69, 9.17) is 0 Å². The molecule has 6 heteroatoms. The number of ether oxygens (including phenoxy) is 1. The molecule has 2 aliphatic rings. The van der Waals surface area contributed by atoms with Crippen LogP contribution in [0, 0.1) is 29.4 Å². The summed E-state index contributed by atoms with van der Waals surface area (Å²) in [5.41, 5.74) is 2.15. The summed E-state index contributed by atoms with van der Waals surface area (Å²) in [7, 11) is 0. The Morgan fingerprint density at radius 1 is 0.806 bits per heavy atom. The Bertz CT molecular complexity index is 961. The smallest absolute Gasteiger partial charge is 0.422 e. The van der Waals surface area contributed by atoms with Crippen molar-refractivity contribution >= 4 is 0 Å². The molecule has 36 heavy (non-hydrogen) atoms. The quantitative estimate of drug-likeness (QED) is 0.242. The van der Waals surface area contributed by atoms with Crippen molar-refractivity contribution in [3.63, 3.8) is 0 Å². The highest BCUT2D eigenvalue weighted by Gasteiger charge is 2.36. The molecule has 0 N–H and O–H groups in total. The van der Waals surface area contributed by atoms with Gasteiger partial charge in [-0.25, -0.2) is 8.78 Å². The number of rotatable bonds is 9. The molecule has 0 bridgehead atoms. The number of fused-ring (bicyclic) bond motifs is 1. The fourth-order valence-electron chi connectivity index (χ4n) is 6.38. The molecule has 4 rings (SSSR count). The van der Waals surface area contributed by atoms with Gasteiger partial charge in [-0.05, 0) is 84.6 Å². The van der Waals surface area contributed by atoms with Gasteiger partial charge in [0.15, 0.2) is 24.0 Å². The molecule has 198 valence electrons. The van der Waals surface area contributed by atoms with E-state index in [2.05, 4.69) is 11.7 Å². The second-order valence-electron chi connectivity index (χ2n) is 10.9. The van der Waals surface area contributed by atoms with E-state index in [1.807, 2.05) is 24.3 Å². The van der Waals surface area contributed by atoms with E-state index in [9.17, 15) is 22.0 Å². The van der Waals surface area contributed by atoms with Crippen LogP contribution >= 0.6 is 0 Å². The van der Waals surface area contributed by atoms with Gasteiger partial charge in [-0.1, -0.05) is 69.7 Å². The highest BCUT2D eigenvalue weighted by Crippen LogP contribution is 2.48. The number of benzene rings is 2. The first-order chi connectivity index (χ1) is 17.2. The van der Waals surface area contributed by atoms with Gasteiger partial charge in [0.1, 0.15) is 0 Å². The van der Waals surface area contributed by atoms with Crippen molar-refractivity contribution in [3.05, 3.63) is 53.6 Å². The highest BCUT2D eigenvalue weighted by atomic mass is 19.4. The van der Waals surface area contributed by atoms with Crippen LogP contribution < -0.4 is 4.74 Å². The molecule has 0 amide bonds. The lowest BCUT2D eigenvalue weighted by molar-refractivity contribution is -0.154. The molecule has 0 aromatic heterocycles. The number of unbranched alkanes of at least 4 members (excludes halogenated alkanes) is 3. The minimum Gasteiger partial charge on any atom is -0.478 e. The molecule has 4 atom stereocenters. The van der Waals surface area contributed by atoms with Crippen molar-refractivity contribution < 1.29 is 26.7 Å². The van der Waals surface area contributed by atoms with Crippen molar-refractivity contribution in [2.45, 2.75) is 89.6 Å². The van der Waals surface area contributed by atoms with Crippen LogP contribution in [-0.4, -0.2) is 12.8 Å². The zero-order chi connectivity index (χ0) is 25.7. The average molecular weight is 509 g/mol. The minimum absolute atomic E-state index is 0.275. The van der Waals surface area contributed by atoms with Crippen molar-refractivity contribution in [3.8, 4) is 16.9 Å². The van der Waals surface area contributed by atoms with E-state index in [0.717, 1.165) is 29.9 Å². The van der Waals surface area contributed by atoms with Gasteiger partial charge in [-0.15, -0.1) is 0 Å². The predicted octanol–water partition coefficient (Wildman–Crippen LogP) is 9.84. The molecule has 2 saturated carbocycles. The fraction of sp³-hybridized carbons (Fsp3) is 0.600. The summed E-state index contributed by atoms with van der Waals surface area (Å²) in [5, 5.41) is 0. The summed E-state index contributed by atoms with van der Waals surface area (Å²) in [6.07, 6.45) is 9.86. The Morgan fingerprint density at radius 2 is 1.47 bits per heavy atom. The molecule has 2 aromatic carbocycles. The largest absolute Gasteiger partial charge is 0.478 e. The number of alkyl halides is 3.